The van der Waals surface area contributed by atoms with Gasteiger partial charge in [-0.2, -0.15) is 0 Å². The predicted octanol–water partition coefficient (Wildman–Crippen LogP) is 2.32. The van der Waals surface area contributed by atoms with Crippen molar-refractivity contribution >= 4 is 5.91 Å². The van der Waals surface area contributed by atoms with E-state index in [1.807, 2.05) is 19.1 Å². The molecule has 0 aliphatic carbocycles. The fraction of sp³-hybridized carbons (Fsp3) is 0.500. The van der Waals surface area contributed by atoms with E-state index >= 15 is 0 Å². The van der Waals surface area contributed by atoms with E-state index in [4.69, 9.17) is 5.84 Å². The van der Waals surface area contributed by atoms with Crippen LogP contribution in [0.4, 0.5) is 0 Å². The summed E-state index contributed by atoms with van der Waals surface area (Å²) < 4.78 is 0. The van der Waals surface area contributed by atoms with Crippen molar-refractivity contribution in [2.75, 3.05) is 7.05 Å². The lowest BCUT2D eigenvalue weighted by molar-refractivity contribution is -0.131. The Bertz CT molecular complexity index is 368. The van der Waals surface area contributed by atoms with Crippen LogP contribution in [0.1, 0.15) is 37.8 Å². The highest BCUT2D eigenvalue weighted by Gasteiger charge is 2.17. The average molecular weight is 234 g/mol. The topological polar surface area (TPSA) is 46.3 Å². The summed E-state index contributed by atoms with van der Waals surface area (Å²) in [7, 11) is 1.58. The van der Waals surface area contributed by atoms with Crippen molar-refractivity contribution in [2.24, 2.45) is 11.8 Å². The molecule has 3 heteroatoms. The number of hydrogen-bond donors (Lipinski definition) is 1. The number of rotatable bonds is 4. The minimum atomic E-state index is -0.182. The van der Waals surface area contributed by atoms with Crippen LogP contribution in [-0.2, 0) is 11.2 Å². The monoisotopic (exact) mass is 234 g/mol. The van der Waals surface area contributed by atoms with Crippen LogP contribution in [0.25, 0.3) is 0 Å². The quantitative estimate of drug-likeness (QED) is 0.494. The molecule has 0 bridgehead atoms. The Morgan fingerprint density at radius 2 is 1.76 bits per heavy atom. The van der Waals surface area contributed by atoms with E-state index < -0.39 is 0 Å². The van der Waals surface area contributed by atoms with Crippen molar-refractivity contribution in [1.29, 1.82) is 0 Å². The summed E-state index contributed by atoms with van der Waals surface area (Å²) in [6, 6.07) is 8.22. The number of hydrogen-bond acceptors (Lipinski definition) is 2. The third-order valence-electron chi connectivity index (χ3n) is 2.84. The normalized spacial score (nSPS) is 12.6. The van der Waals surface area contributed by atoms with Gasteiger partial charge in [0.05, 0.1) is 5.92 Å². The van der Waals surface area contributed by atoms with Crippen molar-refractivity contribution in [2.45, 2.75) is 33.1 Å². The zero-order valence-electron chi connectivity index (χ0n) is 11.1. The van der Waals surface area contributed by atoms with E-state index in [-0.39, 0.29) is 11.8 Å². The summed E-state index contributed by atoms with van der Waals surface area (Å²) in [5, 5.41) is 1.15. The Balaban J connectivity index is 2.77. The van der Waals surface area contributed by atoms with Crippen LogP contribution in [-0.4, -0.2) is 18.0 Å². The molecule has 1 atom stereocenters. The van der Waals surface area contributed by atoms with Crippen molar-refractivity contribution in [3.05, 3.63) is 35.4 Å². The van der Waals surface area contributed by atoms with Crippen LogP contribution >= 0.6 is 0 Å². The molecule has 2 N–H and O–H groups in total. The first-order chi connectivity index (χ1) is 7.91. The zero-order chi connectivity index (χ0) is 13.0. The molecule has 0 heterocycles. The number of carbonyl (C=O) groups is 1. The Kier molecular flexibility index (Phi) is 4.70. The first-order valence-electron chi connectivity index (χ1n) is 6.03. The maximum atomic E-state index is 11.7. The van der Waals surface area contributed by atoms with Crippen LogP contribution in [0.5, 0.6) is 0 Å². The van der Waals surface area contributed by atoms with Gasteiger partial charge in [-0.25, -0.2) is 5.84 Å². The van der Waals surface area contributed by atoms with Crippen molar-refractivity contribution < 1.29 is 4.79 Å². The standard InChI is InChI=1S/C14H22N2O/c1-10(2)9-12-5-7-13(8-6-12)11(3)14(17)16(4)15/h5-8,10-11H,9,15H2,1-4H3. The number of likely N-dealkylation sites (N-methyl/N-ethyl adjacent to an activating group) is 1. The third kappa shape index (κ3) is 3.86. The molecule has 0 spiro atoms. The van der Waals surface area contributed by atoms with Gasteiger partial charge in [-0.1, -0.05) is 38.1 Å². The van der Waals surface area contributed by atoms with Gasteiger partial charge in [-0.3, -0.25) is 9.80 Å². The Hall–Kier alpha value is -1.35. The Labute approximate surface area is 104 Å². The number of amides is 1. The van der Waals surface area contributed by atoms with Crippen LogP contribution in [0.2, 0.25) is 0 Å². The van der Waals surface area contributed by atoms with Gasteiger partial charge in [0.25, 0.3) is 0 Å². The minimum absolute atomic E-state index is 0.0680. The first kappa shape index (κ1) is 13.7. The Morgan fingerprint density at radius 3 is 2.18 bits per heavy atom. The number of nitrogens with zero attached hydrogens (tertiary/aromatic N) is 1. The SMILES string of the molecule is CC(C)Cc1ccc(C(C)C(=O)N(C)N)cc1. The lowest BCUT2D eigenvalue weighted by Crippen LogP contribution is -2.36. The fourth-order valence-electron chi connectivity index (χ4n) is 1.86. The highest BCUT2D eigenvalue weighted by Crippen LogP contribution is 2.18. The van der Waals surface area contributed by atoms with Gasteiger partial charge in [0.15, 0.2) is 0 Å². The second kappa shape index (κ2) is 5.82. The zero-order valence-corrected chi connectivity index (χ0v) is 11.1. The summed E-state index contributed by atoms with van der Waals surface area (Å²) in [5.41, 5.74) is 2.32. The van der Waals surface area contributed by atoms with Gasteiger partial charge in [0, 0.05) is 7.05 Å². The first-order valence-corrected chi connectivity index (χ1v) is 6.03. The molecule has 0 fully saturated rings. The largest absolute Gasteiger partial charge is 0.283 e. The van der Waals surface area contributed by atoms with Crippen LogP contribution in [0.15, 0.2) is 24.3 Å². The molecule has 1 rings (SSSR count). The highest BCUT2D eigenvalue weighted by molar-refractivity contribution is 5.82. The smallest absolute Gasteiger partial charge is 0.243 e. The predicted molar refractivity (Wildman–Crippen MR) is 70.4 cm³/mol. The molecule has 94 valence electrons. The second-order valence-electron chi connectivity index (χ2n) is 5.01. The summed E-state index contributed by atoms with van der Waals surface area (Å²) in [4.78, 5) is 11.7. The summed E-state index contributed by atoms with van der Waals surface area (Å²) in [6.07, 6.45) is 1.07. The minimum Gasteiger partial charge on any atom is -0.283 e. The molecule has 3 nitrogen and oxygen atoms in total. The lowest BCUT2D eigenvalue weighted by Gasteiger charge is -2.17. The molecule has 0 radical (unpaired) electrons. The molecular weight excluding hydrogens is 212 g/mol. The van der Waals surface area contributed by atoms with Gasteiger partial charge in [-0.15, -0.1) is 0 Å². The maximum Gasteiger partial charge on any atom is 0.243 e. The van der Waals surface area contributed by atoms with Gasteiger partial charge in [0.2, 0.25) is 5.91 Å². The van der Waals surface area contributed by atoms with Crippen molar-refractivity contribution in [3.63, 3.8) is 0 Å². The molecule has 1 amide bonds. The Morgan fingerprint density at radius 1 is 1.24 bits per heavy atom. The van der Waals surface area contributed by atoms with Crippen LogP contribution in [0.3, 0.4) is 0 Å². The highest BCUT2D eigenvalue weighted by atomic mass is 16.2. The third-order valence-corrected chi connectivity index (χ3v) is 2.84. The average Bonchev–Trinajstić information content (AvgIpc) is 2.27. The van der Waals surface area contributed by atoms with Gasteiger partial charge >= 0.3 is 0 Å². The van der Waals surface area contributed by atoms with E-state index in [2.05, 4.69) is 26.0 Å². The summed E-state index contributed by atoms with van der Waals surface area (Å²) in [5.74, 6) is 5.85. The number of nitrogens with two attached hydrogens (primary N) is 1. The lowest BCUT2D eigenvalue weighted by atomic mass is 9.96. The van der Waals surface area contributed by atoms with Gasteiger partial charge < -0.3 is 0 Å². The number of carbonyl (C=O) groups excluding carboxylic acids is 1. The van der Waals surface area contributed by atoms with Crippen molar-refractivity contribution in [1.82, 2.24) is 5.01 Å². The molecule has 1 aromatic rings. The van der Waals surface area contributed by atoms with Crippen molar-refractivity contribution in [3.8, 4) is 0 Å². The molecule has 1 unspecified atom stereocenters. The molecule has 0 saturated carbocycles. The van der Waals surface area contributed by atoms with Crippen LogP contribution < -0.4 is 5.84 Å². The molecule has 0 aliphatic rings. The van der Waals surface area contributed by atoms with Gasteiger partial charge in [0.1, 0.15) is 0 Å². The summed E-state index contributed by atoms with van der Waals surface area (Å²) in [6.45, 7) is 6.27. The summed E-state index contributed by atoms with van der Waals surface area (Å²) >= 11 is 0. The van der Waals surface area contributed by atoms with Crippen LogP contribution in [0, 0.1) is 5.92 Å². The van der Waals surface area contributed by atoms with E-state index in [1.54, 1.807) is 7.05 Å². The maximum absolute atomic E-state index is 11.7. The molecule has 0 aliphatic heterocycles. The van der Waals surface area contributed by atoms with E-state index in [0.717, 1.165) is 17.0 Å². The molecule has 0 saturated heterocycles. The molecule has 17 heavy (non-hydrogen) atoms. The number of benzene rings is 1. The second-order valence-corrected chi connectivity index (χ2v) is 5.01. The molecular formula is C14H22N2O. The van der Waals surface area contributed by atoms with E-state index in [9.17, 15) is 4.79 Å². The molecule has 1 aromatic carbocycles. The fourth-order valence-corrected chi connectivity index (χ4v) is 1.86. The molecule has 0 aromatic heterocycles. The number of hydrazine groups is 1. The van der Waals surface area contributed by atoms with E-state index in [1.165, 1.54) is 5.56 Å². The van der Waals surface area contributed by atoms with Gasteiger partial charge in [-0.05, 0) is 30.4 Å². The van der Waals surface area contributed by atoms with E-state index in [0.29, 0.717) is 5.92 Å².